The SMILES string of the molecule is CCCCC[C@H]1CC[C@H](CCc2ccc(CC[C@H]3CC[C@H](CCCCC)CC3)cc2)CC1. The molecule has 0 atom stereocenters. The van der Waals surface area contributed by atoms with Gasteiger partial charge in [0.2, 0.25) is 0 Å². The molecule has 2 aliphatic rings. The summed E-state index contributed by atoms with van der Waals surface area (Å²) in [6, 6.07) is 9.76. The summed E-state index contributed by atoms with van der Waals surface area (Å²) in [6.07, 6.45) is 29.0. The average Bonchev–Trinajstić information content (AvgIpc) is 2.84. The van der Waals surface area contributed by atoms with E-state index >= 15 is 0 Å². The van der Waals surface area contributed by atoms with Crippen LogP contribution in [0.1, 0.15) is 141 Å². The third kappa shape index (κ3) is 9.61. The van der Waals surface area contributed by atoms with E-state index in [0.717, 1.165) is 23.7 Å². The summed E-state index contributed by atoms with van der Waals surface area (Å²) in [5.74, 6) is 4.09. The first-order chi connectivity index (χ1) is 15.8. The molecule has 0 saturated heterocycles. The van der Waals surface area contributed by atoms with E-state index in [1.807, 2.05) is 0 Å². The second-order valence-corrected chi connectivity index (χ2v) is 11.7. The fraction of sp³-hybridized carbons (Fsp3) is 0.812. The summed E-state index contributed by atoms with van der Waals surface area (Å²) in [5.41, 5.74) is 3.15. The lowest BCUT2D eigenvalue weighted by Crippen LogP contribution is -2.15. The van der Waals surface area contributed by atoms with Gasteiger partial charge in [-0.15, -0.1) is 0 Å². The van der Waals surface area contributed by atoms with Crippen LogP contribution in [0, 0.1) is 23.7 Å². The van der Waals surface area contributed by atoms with E-state index in [9.17, 15) is 0 Å². The van der Waals surface area contributed by atoms with E-state index in [1.54, 1.807) is 11.1 Å². The molecule has 0 aromatic heterocycles. The van der Waals surface area contributed by atoms with Gasteiger partial charge in [-0.2, -0.15) is 0 Å². The van der Waals surface area contributed by atoms with E-state index in [0.29, 0.717) is 0 Å². The number of hydrogen-bond acceptors (Lipinski definition) is 0. The van der Waals surface area contributed by atoms with Crippen LogP contribution in [0.25, 0.3) is 0 Å². The zero-order valence-electron chi connectivity index (χ0n) is 21.8. The van der Waals surface area contributed by atoms with Gasteiger partial charge in [0.15, 0.2) is 0 Å². The maximum absolute atomic E-state index is 2.44. The summed E-state index contributed by atoms with van der Waals surface area (Å²) in [4.78, 5) is 0. The monoisotopic (exact) mass is 438 g/mol. The Morgan fingerprint density at radius 3 is 1.09 bits per heavy atom. The minimum absolute atomic E-state index is 0.995. The van der Waals surface area contributed by atoms with Gasteiger partial charge in [-0.25, -0.2) is 0 Å². The number of rotatable bonds is 14. The van der Waals surface area contributed by atoms with Crippen LogP contribution in [0.5, 0.6) is 0 Å². The Morgan fingerprint density at radius 2 is 0.781 bits per heavy atom. The van der Waals surface area contributed by atoms with Crippen LogP contribution in [-0.2, 0) is 12.8 Å². The molecule has 0 heterocycles. The lowest BCUT2D eigenvalue weighted by atomic mass is 9.77. The van der Waals surface area contributed by atoms with Crippen molar-refractivity contribution in [1.29, 1.82) is 0 Å². The highest BCUT2D eigenvalue weighted by Gasteiger charge is 2.21. The van der Waals surface area contributed by atoms with Crippen molar-refractivity contribution >= 4 is 0 Å². The van der Waals surface area contributed by atoms with Crippen LogP contribution in [0.4, 0.5) is 0 Å². The average molecular weight is 439 g/mol. The summed E-state index contributed by atoms with van der Waals surface area (Å²) in [6.45, 7) is 4.65. The van der Waals surface area contributed by atoms with Crippen LogP contribution in [-0.4, -0.2) is 0 Å². The van der Waals surface area contributed by atoms with E-state index in [4.69, 9.17) is 0 Å². The van der Waals surface area contributed by atoms with Crippen LogP contribution in [0.15, 0.2) is 24.3 Å². The molecular weight excluding hydrogens is 384 g/mol. The number of hydrogen-bond donors (Lipinski definition) is 0. The van der Waals surface area contributed by atoms with Gasteiger partial charge < -0.3 is 0 Å². The Kier molecular flexibility index (Phi) is 12.3. The number of unbranched alkanes of at least 4 members (excludes halogenated alkanes) is 4. The first kappa shape index (κ1) is 25.8. The van der Waals surface area contributed by atoms with Crippen molar-refractivity contribution < 1.29 is 0 Å². The highest BCUT2D eigenvalue weighted by Crippen LogP contribution is 2.35. The summed E-state index contributed by atoms with van der Waals surface area (Å²) in [5, 5.41) is 0. The summed E-state index contributed by atoms with van der Waals surface area (Å²) < 4.78 is 0. The van der Waals surface area contributed by atoms with E-state index < -0.39 is 0 Å². The molecule has 0 aliphatic heterocycles. The molecule has 182 valence electrons. The van der Waals surface area contributed by atoms with Gasteiger partial charge in [-0.1, -0.05) is 141 Å². The van der Waals surface area contributed by atoms with Crippen molar-refractivity contribution in [3.8, 4) is 0 Å². The predicted molar refractivity (Wildman–Crippen MR) is 142 cm³/mol. The van der Waals surface area contributed by atoms with Crippen LogP contribution >= 0.6 is 0 Å². The zero-order valence-corrected chi connectivity index (χ0v) is 21.8. The lowest BCUT2D eigenvalue weighted by Gasteiger charge is -2.29. The second-order valence-electron chi connectivity index (χ2n) is 11.7. The Hall–Kier alpha value is -0.780. The second kappa shape index (κ2) is 15.2. The first-order valence-corrected chi connectivity index (χ1v) is 14.8. The quantitative estimate of drug-likeness (QED) is 0.253. The van der Waals surface area contributed by atoms with Crippen molar-refractivity contribution in [2.24, 2.45) is 23.7 Å². The van der Waals surface area contributed by atoms with Gasteiger partial charge in [0.1, 0.15) is 0 Å². The Labute approximate surface area is 201 Å². The van der Waals surface area contributed by atoms with E-state index in [2.05, 4.69) is 38.1 Å². The van der Waals surface area contributed by atoms with Crippen molar-refractivity contribution in [1.82, 2.24) is 0 Å². The molecule has 2 aliphatic carbocycles. The molecule has 32 heavy (non-hydrogen) atoms. The Bertz CT molecular complexity index is 516. The van der Waals surface area contributed by atoms with Crippen molar-refractivity contribution in [3.05, 3.63) is 35.4 Å². The summed E-state index contributed by atoms with van der Waals surface area (Å²) >= 11 is 0. The van der Waals surface area contributed by atoms with Gasteiger partial charge in [0.05, 0.1) is 0 Å². The molecule has 0 nitrogen and oxygen atoms in total. The molecule has 0 radical (unpaired) electrons. The zero-order chi connectivity index (χ0) is 22.4. The predicted octanol–water partition coefficient (Wildman–Crippen LogP) is 10.3. The molecule has 0 unspecified atom stereocenters. The smallest absolute Gasteiger partial charge is 0.0276 e. The third-order valence-electron chi connectivity index (χ3n) is 9.07. The van der Waals surface area contributed by atoms with Gasteiger partial charge >= 0.3 is 0 Å². The summed E-state index contributed by atoms with van der Waals surface area (Å²) in [7, 11) is 0. The molecule has 0 spiro atoms. The molecule has 0 heteroatoms. The fourth-order valence-corrected chi connectivity index (χ4v) is 6.60. The van der Waals surface area contributed by atoms with Gasteiger partial charge in [0, 0.05) is 0 Å². The molecule has 3 rings (SSSR count). The minimum Gasteiger partial charge on any atom is -0.0654 e. The van der Waals surface area contributed by atoms with Crippen LogP contribution in [0.2, 0.25) is 0 Å². The molecular formula is C32H54. The first-order valence-electron chi connectivity index (χ1n) is 14.8. The molecule has 1 aromatic rings. The van der Waals surface area contributed by atoms with Crippen LogP contribution < -0.4 is 0 Å². The Balaban J connectivity index is 1.26. The molecule has 1 aromatic carbocycles. The van der Waals surface area contributed by atoms with Gasteiger partial charge in [-0.05, 0) is 60.5 Å². The van der Waals surface area contributed by atoms with Crippen molar-refractivity contribution in [2.45, 2.75) is 142 Å². The molecule has 0 amide bonds. The standard InChI is InChI=1S/C32H54/c1-3-5-7-9-27-11-15-29(16-12-27)19-21-31-23-25-32(26-24-31)22-20-30-17-13-28(14-18-30)10-8-6-4-2/h23-30H,3-22H2,1-2H3/t27-,28-,29-,30-. The van der Waals surface area contributed by atoms with E-state index in [1.165, 1.54) is 128 Å². The van der Waals surface area contributed by atoms with E-state index in [-0.39, 0.29) is 0 Å². The topological polar surface area (TPSA) is 0 Å². The van der Waals surface area contributed by atoms with Crippen molar-refractivity contribution in [2.75, 3.05) is 0 Å². The lowest BCUT2D eigenvalue weighted by molar-refractivity contribution is 0.249. The maximum Gasteiger partial charge on any atom is -0.0276 e. The van der Waals surface area contributed by atoms with Crippen molar-refractivity contribution in [3.63, 3.8) is 0 Å². The molecule has 2 saturated carbocycles. The normalized spacial score (nSPS) is 26.3. The maximum atomic E-state index is 2.44. The van der Waals surface area contributed by atoms with Gasteiger partial charge in [-0.3, -0.25) is 0 Å². The molecule has 0 bridgehead atoms. The minimum atomic E-state index is 0.995. The highest BCUT2D eigenvalue weighted by atomic mass is 14.3. The third-order valence-corrected chi connectivity index (χ3v) is 9.07. The number of benzene rings is 1. The van der Waals surface area contributed by atoms with Gasteiger partial charge in [0.25, 0.3) is 0 Å². The van der Waals surface area contributed by atoms with Crippen LogP contribution in [0.3, 0.4) is 0 Å². The molecule has 2 fully saturated rings. The largest absolute Gasteiger partial charge is 0.0654 e. The fourth-order valence-electron chi connectivity index (χ4n) is 6.60. The molecule has 0 N–H and O–H groups in total. The Morgan fingerprint density at radius 1 is 0.469 bits per heavy atom. The highest BCUT2D eigenvalue weighted by molar-refractivity contribution is 5.22. The number of aryl methyl sites for hydroxylation is 2.